The smallest absolute Gasteiger partial charge is 0.194 e. The quantitative estimate of drug-likeness (QED) is 0.324. The highest BCUT2D eigenvalue weighted by atomic mass is 127. The largest absolute Gasteiger partial charge is 0.497 e. The van der Waals surface area contributed by atoms with E-state index in [0.717, 1.165) is 41.8 Å². The van der Waals surface area contributed by atoms with E-state index in [2.05, 4.69) is 15.2 Å². The Labute approximate surface area is 194 Å². The van der Waals surface area contributed by atoms with Crippen molar-refractivity contribution in [2.24, 2.45) is 4.99 Å². The predicted molar refractivity (Wildman–Crippen MR) is 130 cm³/mol. The second kappa shape index (κ2) is 11.7. The molecule has 1 heterocycles. The first-order valence-electron chi connectivity index (χ1n) is 9.89. The van der Waals surface area contributed by atoms with Gasteiger partial charge in [-0.3, -0.25) is 4.99 Å². The number of aliphatic hydroxyl groups excluding tert-OH is 1. The van der Waals surface area contributed by atoms with E-state index in [9.17, 15) is 5.11 Å². The number of rotatable bonds is 7. The van der Waals surface area contributed by atoms with E-state index in [1.165, 1.54) is 29.8 Å². The summed E-state index contributed by atoms with van der Waals surface area (Å²) in [5.41, 5.74) is 2.12. The highest BCUT2D eigenvalue weighted by Gasteiger charge is 2.17. The first-order valence-corrected chi connectivity index (χ1v) is 10.7. The van der Waals surface area contributed by atoms with E-state index in [0.29, 0.717) is 6.54 Å². The first kappa shape index (κ1) is 23.9. The zero-order valence-electron chi connectivity index (χ0n) is 17.4. The first-order chi connectivity index (χ1) is 13.6. The molecule has 0 amide bonds. The van der Waals surface area contributed by atoms with Crippen molar-refractivity contribution in [1.29, 1.82) is 0 Å². The maximum atomic E-state index is 10.5. The maximum Gasteiger partial charge on any atom is 0.194 e. The highest BCUT2D eigenvalue weighted by Crippen LogP contribution is 2.27. The number of nitrogens with zero attached hydrogens (tertiary/aromatic N) is 3. The van der Waals surface area contributed by atoms with Gasteiger partial charge in [-0.1, -0.05) is 12.1 Å². The fraction of sp³-hybridized carbons (Fsp3) is 0.524. The number of nitrogens with one attached hydrogen (secondary N) is 1. The Morgan fingerprint density at radius 1 is 1.31 bits per heavy atom. The van der Waals surface area contributed by atoms with Crippen LogP contribution in [0, 0.1) is 0 Å². The summed E-state index contributed by atoms with van der Waals surface area (Å²) in [5, 5.41) is 14.9. The van der Waals surface area contributed by atoms with Crippen molar-refractivity contribution in [3.8, 4) is 5.75 Å². The summed E-state index contributed by atoms with van der Waals surface area (Å²) in [7, 11) is 3.65. The number of aromatic nitrogens is 1. The molecule has 1 aliphatic rings. The molecule has 0 radical (unpaired) electrons. The van der Waals surface area contributed by atoms with Crippen LogP contribution < -0.4 is 10.1 Å². The Morgan fingerprint density at radius 3 is 2.69 bits per heavy atom. The van der Waals surface area contributed by atoms with Gasteiger partial charge in [-0.2, -0.15) is 0 Å². The summed E-state index contributed by atoms with van der Waals surface area (Å²) in [6.07, 6.45) is 4.15. The number of ether oxygens (including phenoxy) is 1. The number of guanidine groups is 1. The number of halogens is 1. The summed E-state index contributed by atoms with van der Waals surface area (Å²) in [6.45, 7) is 3.84. The van der Waals surface area contributed by atoms with Crippen LogP contribution in [0.2, 0.25) is 0 Å². The van der Waals surface area contributed by atoms with Gasteiger partial charge in [0.1, 0.15) is 10.8 Å². The normalized spacial score (nSPS) is 14.6. The van der Waals surface area contributed by atoms with E-state index >= 15 is 0 Å². The van der Waals surface area contributed by atoms with E-state index in [4.69, 9.17) is 9.72 Å². The molecule has 1 aromatic heterocycles. The van der Waals surface area contributed by atoms with Crippen LogP contribution in [-0.4, -0.2) is 48.2 Å². The molecule has 1 aromatic carbocycles. The lowest BCUT2D eigenvalue weighted by atomic mass is 10.0. The third-order valence-electron chi connectivity index (χ3n) is 4.87. The van der Waals surface area contributed by atoms with Crippen molar-refractivity contribution in [2.75, 3.05) is 27.2 Å². The molecule has 1 aliphatic carbocycles. The molecule has 0 saturated heterocycles. The number of aliphatic hydroxyl groups is 1. The van der Waals surface area contributed by atoms with Crippen molar-refractivity contribution in [2.45, 2.75) is 45.3 Å². The number of aliphatic imine (C=N–C) groups is 1. The molecule has 29 heavy (non-hydrogen) atoms. The molecule has 160 valence electrons. The zero-order valence-corrected chi connectivity index (χ0v) is 20.5. The van der Waals surface area contributed by atoms with Gasteiger partial charge in [0.05, 0.1) is 32.0 Å². The van der Waals surface area contributed by atoms with Crippen molar-refractivity contribution in [3.63, 3.8) is 0 Å². The fourth-order valence-corrected chi connectivity index (χ4v) is 4.54. The van der Waals surface area contributed by atoms with Crippen LogP contribution in [0.3, 0.4) is 0 Å². The Balaban J connectivity index is 0.00000300. The summed E-state index contributed by atoms with van der Waals surface area (Å²) in [6, 6.07) is 7.44. The average molecular weight is 530 g/mol. The molecule has 0 aliphatic heterocycles. The van der Waals surface area contributed by atoms with Crippen LogP contribution in [0.25, 0.3) is 0 Å². The Bertz CT molecular complexity index is 771. The van der Waals surface area contributed by atoms with Gasteiger partial charge in [0.25, 0.3) is 0 Å². The van der Waals surface area contributed by atoms with Crippen LogP contribution in [0.4, 0.5) is 0 Å². The lowest BCUT2D eigenvalue weighted by molar-refractivity contribution is 0.186. The van der Waals surface area contributed by atoms with Gasteiger partial charge in [-0.05, 0) is 50.3 Å². The van der Waals surface area contributed by atoms with Crippen molar-refractivity contribution in [3.05, 3.63) is 45.4 Å². The maximum absolute atomic E-state index is 10.5. The molecule has 8 heteroatoms. The van der Waals surface area contributed by atoms with Crippen molar-refractivity contribution >= 4 is 41.3 Å². The van der Waals surface area contributed by atoms with Gasteiger partial charge in [-0.25, -0.2) is 4.98 Å². The van der Waals surface area contributed by atoms with Gasteiger partial charge in [0, 0.05) is 18.5 Å². The molecule has 2 N–H and O–H groups in total. The van der Waals surface area contributed by atoms with Gasteiger partial charge in [-0.15, -0.1) is 35.3 Å². The summed E-state index contributed by atoms with van der Waals surface area (Å²) in [4.78, 5) is 13.0. The van der Waals surface area contributed by atoms with Crippen molar-refractivity contribution in [1.82, 2.24) is 15.2 Å². The Kier molecular flexibility index (Phi) is 9.64. The minimum absolute atomic E-state index is 0. The Morgan fingerprint density at radius 2 is 2.03 bits per heavy atom. The van der Waals surface area contributed by atoms with Crippen LogP contribution in [0.5, 0.6) is 5.75 Å². The SMILES string of the molecule is CCNC(=NCC(O)c1ccc(OC)cc1)N(C)Cc1nc2c(s1)CCCC2.I. The molecule has 0 saturated carbocycles. The van der Waals surface area contributed by atoms with Gasteiger partial charge in [0.15, 0.2) is 5.96 Å². The van der Waals surface area contributed by atoms with Crippen LogP contribution in [-0.2, 0) is 19.4 Å². The molecular formula is C21H31IN4O2S. The summed E-state index contributed by atoms with van der Waals surface area (Å²) >= 11 is 1.83. The van der Waals surface area contributed by atoms with Crippen molar-refractivity contribution < 1.29 is 9.84 Å². The molecule has 1 unspecified atom stereocenters. The second-order valence-corrected chi connectivity index (χ2v) is 8.19. The van der Waals surface area contributed by atoms with Crippen LogP contribution in [0.15, 0.2) is 29.3 Å². The van der Waals surface area contributed by atoms with E-state index in [1.54, 1.807) is 7.11 Å². The minimum atomic E-state index is -0.653. The number of fused-ring (bicyclic) bond motifs is 1. The fourth-order valence-electron chi connectivity index (χ4n) is 3.32. The zero-order chi connectivity index (χ0) is 19.9. The molecular weight excluding hydrogens is 499 g/mol. The number of hydrogen-bond acceptors (Lipinski definition) is 5. The van der Waals surface area contributed by atoms with Gasteiger partial charge < -0.3 is 20.1 Å². The number of thiazole rings is 1. The van der Waals surface area contributed by atoms with Crippen LogP contribution in [0.1, 0.15) is 47.0 Å². The average Bonchev–Trinajstić information content (AvgIpc) is 3.13. The Hall–Kier alpha value is -1.39. The molecule has 6 nitrogen and oxygen atoms in total. The number of benzene rings is 1. The molecule has 0 bridgehead atoms. The monoisotopic (exact) mass is 530 g/mol. The topological polar surface area (TPSA) is 70.0 Å². The lowest BCUT2D eigenvalue weighted by Crippen LogP contribution is -2.38. The lowest BCUT2D eigenvalue weighted by Gasteiger charge is -2.21. The number of aryl methyl sites for hydroxylation is 2. The standard InChI is InChI=1S/C21H30N4O2S.HI/c1-4-22-21(23-13-18(26)15-9-11-16(27-3)12-10-15)25(2)14-20-24-17-7-5-6-8-19(17)28-20;/h9-12,18,26H,4-8,13-14H2,1-3H3,(H,22,23);1H. The minimum Gasteiger partial charge on any atom is -0.497 e. The third-order valence-corrected chi connectivity index (χ3v) is 6.02. The van der Waals surface area contributed by atoms with Crippen LogP contribution >= 0.6 is 35.3 Å². The van der Waals surface area contributed by atoms with Gasteiger partial charge in [0.2, 0.25) is 0 Å². The highest BCUT2D eigenvalue weighted by molar-refractivity contribution is 14.0. The van der Waals surface area contributed by atoms with E-state index < -0.39 is 6.10 Å². The van der Waals surface area contributed by atoms with E-state index in [-0.39, 0.29) is 24.0 Å². The molecule has 1 atom stereocenters. The van der Waals surface area contributed by atoms with E-state index in [1.807, 2.05) is 49.6 Å². The molecule has 3 rings (SSSR count). The molecule has 2 aromatic rings. The molecule has 0 spiro atoms. The third kappa shape index (κ3) is 6.55. The van der Waals surface area contributed by atoms with Gasteiger partial charge >= 0.3 is 0 Å². The summed E-state index contributed by atoms with van der Waals surface area (Å²) < 4.78 is 5.17. The molecule has 0 fully saturated rings. The predicted octanol–water partition coefficient (Wildman–Crippen LogP) is 3.78. The summed E-state index contributed by atoms with van der Waals surface area (Å²) in [5.74, 6) is 1.56. The second-order valence-electron chi connectivity index (χ2n) is 7.02. The number of hydrogen-bond donors (Lipinski definition) is 2. The number of methoxy groups -OCH3 is 1.